The molecule has 2 aromatic carbocycles. The SMILES string of the molecule is CCCCCCCCCCS.CCCCCCCCCCS.CCCCCCCCCCS.[Fe+2].[Fe+2].[O-]C(=C1C=CC=C1)c1cn(CCCCCCCCCCCS)nn1.[O-]C(=C1C=CC=C1)c1cn(CCCCCCCCCCCS)nn1.c1cc[cH-]c1.c1cc[cH-]c1. The maximum Gasteiger partial charge on any atom is 2.00 e. The number of nitrogens with zero attached hydrogens (tertiary/aromatic N) is 6. The van der Waals surface area contributed by atoms with Crippen LogP contribution in [0.2, 0.25) is 0 Å². The van der Waals surface area contributed by atoms with Crippen LogP contribution in [0.5, 0.6) is 0 Å². The number of allylic oxidation sites excluding steroid dienone is 10. The molecular weight excluding hydrogens is 1320 g/mol. The fraction of sp³-hybridized carbons (Fsp3) is 0.667. The van der Waals surface area contributed by atoms with Crippen molar-refractivity contribution in [3.63, 3.8) is 0 Å². The van der Waals surface area contributed by atoms with Crippen molar-refractivity contribution in [1.82, 2.24) is 30.0 Å². The van der Waals surface area contributed by atoms with Gasteiger partial charge in [-0.25, -0.2) is 24.3 Å². The van der Waals surface area contributed by atoms with Crippen molar-refractivity contribution in [3.05, 3.63) is 144 Å². The molecule has 0 amide bonds. The average molecular weight is 1460 g/mol. The van der Waals surface area contributed by atoms with Gasteiger partial charge in [0.05, 0.1) is 23.8 Å². The number of thiol groups is 5. The first-order valence-corrected chi connectivity index (χ1v) is 39.7. The average Bonchev–Trinajstić information content (AvgIpc) is 1.82. The van der Waals surface area contributed by atoms with Gasteiger partial charge in [0, 0.05) is 13.1 Å². The maximum absolute atomic E-state index is 12.1. The van der Waals surface area contributed by atoms with Crippen LogP contribution in [0, 0.1) is 0 Å². The first-order valence-electron chi connectivity index (χ1n) is 36.6. The Bertz CT molecular complexity index is 1990. The van der Waals surface area contributed by atoms with E-state index in [1.807, 2.05) is 85.0 Å². The van der Waals surface area contributed by atoms with E-state index in [2.05, 4.69) is 105 Å². The Hall–Kier alpha value is -2.19. The number of aryl methyl sites for hydroxylation is 2. The Labute approximate surface area is 620 Å². The molecule has 0 saturated carbocycles. The normalized spacial score (nSPS) is 11.3. The summed E-state index contributed by atoms with van der Waals surface area (Å²) in [6.07, 6.45) is 74.8. The van der Waals surface area contributed by atoms with Gasteiger partial charge in [-0.2, -0.15) is 99.5 Å². The van der Waals surface area contributed by atoms with Crippen LogP contribution in [0.1, 0.15) is 302 Å². The first kappa shape index (κ1) is 95.0. The topological polar surface area (TPSA) is 108 Å². The second-order valence-corrected chi connectivity index (χ2v) is 26.3. The van der Waals surface area contributed by atoms with Crippen molar-refractivity contribution < 1.29 is 44.4 Å². The van der Waals surface area contributed by atoms with Gasteiger partial charge >= 0.3 is 34.1 Å². The smallest absolute Gasteiger partial charge is 0.871 e. The summed E-state index contributed by atoms with van der Waals surface area (Å²) in [6.45, 7) is 8.47. The van der Waals surface area contributed by atoms with E-state index in [1.54, 1.807) is 46.1 Å². The Morgan fingerprint density at radius 1 is 0.323 bits per heavy atom. The van der Waals surface area contributed by atoms with E-state index in [0.717, 1.165) is 54.7 Å². The molecule has 0 aliphatic heterocycles. The predicted octanol–water partition coefficient (Wildman–Crippen LogP) is 22.8. The molecule has 0 radical (unpaired) electrons. The van der Waals surface area contributed by atoms with Crippen molar-refractivity contribution in [2.45, 2.75) is 304 Å². The van der Waals surface area contributed by atoms with Crippen LogP contribution in [0.15, 0.2) is 133 Å². The molecular formula is C78H132Fe2N6O2S5. The molecule has 6 rings (SSSR count). The minimum atomic E-state index is -0.0517. The molecule has 4 aromatic rings. The Balaban J connectivity index is -0.00000108. The molecule has 0 bridgehead atoms. The summed E-state index contributed by atoms with van der Waals surface area (Å²) in [6, 6.07) is 20.0. The van der Waals surface area contributed by atoms with E-state index in [0.29, 0.717) is 22.5 Å². The largest absolute Gasteiger partial charge is 2.00 e. The molecule has 8 nitrogen and oxygen atoms in total. The fourth-order valence-corrected chi connectivity index (χ4v) is 11.1. The van der Waals surface area contributed by atoms with Gasteiger partial charge in [-0.3, -0.25) is 9.36 Å². The summed E-state index contributed by atoms with van der Waals surface area (Å²) in [4.78, 5) is 0. The van der Waals surface area contributed by atoms with Gasteiger partial charge in [0.1, 0.15) is 0 Å². The third-order valence-electron chi connectivity index (χ3n) is 15.6. The first-order chi connectivity index (χ1) is 44.9. The van der Waals surface area contributed by atoms with Crippen molar-refractivity contribution in [2.75, 3.05) is 28.8 Å². The van der Waals surface area contributed by atoms with Crippen LogP contribution < -0.4 is 10.2 Å². The quantitative estimate of drug-likeness (QED) is 0.00992. The molecule has 0 fully saturated rings. The zero-order valence-corrected chi connectivity index (χ0v) is 65.3. The van der Waals surface area contributed by atoms with Gasteiger partial charge < -0.3 is 10.2 Å². The summed E-state index contributed by atoms with van der Waals surface area (Å²) >= 11 is 21.0. The minimum Gasteiger partial charge on any atom is -0.871 e. The van der Waals surface area contributed by atoms with E-state index in [9.17, 15) is 10.2 Å². The van der Waals surface area contributed by atoms with Crippen LogP contribution in [0.4, 0.5) is 0 Å². The number of rotatable bonds is 48. The molecule has 15 heteroatoms. The van der Waals surface area contributed by atoms with Crippen LogP contribution in [-0.2, 0) is 47.2 Å². The second kappa shape index (κ2) is 78.8. The number of unbranched alkanes of at least 4 members (excludes halogenated alkanes) is 37. The van der Waals surface area contributed by atoms with Crippen LogP contribution in [-0.4, -0.2) is 58.8 Å². The molecule has 93 heavy (non-hydrogen) atoms. The molecule has 0 atom stereocenters. The Morgan fingerprint density at radius 2 is 0.527 bits per heavy atom. The predicted molar refractivity (Wildman–Crippen MR) is 415 cm³/mol. The van der Waals surface area contributed by atoms with Crippen LogP contribution in [0.3, 0.4) is 0 Å². The van der Waals surface area contributed by atoms with Crippen LogP contribution >= 0.6 is 63.1 Å². The van der Waals surface area contributed by atoms with Gasteiger partial charge in [0.25, 0.3) is 0 Å². The Kier molecular flexibility index (Phi) is 80.5. The molecule has 2 aromatic heterocycles. The molecule has 2 heterocycles. The summed E-state index contributed by atoms with van der Waals surface area (Å²) in [7, 11) is 0. The third-order valence-corrected chi connectivity index (χ3v) is 17.2. The molecule has 0 N–H and O–H groups in total. The summed E-state index contributed by atoms with van der Waals surface area (Å²) in [5, 5.41) is 40.4. The van der Waals surface area contributed by atoms with Crippen molar-refractivity contribution in [1.29, 1.82) is 0 Å². The molecule has 2 aliphatic carbocycles. The van der Waals surface area contributed by atoms with Crippen LogP contribution in [0.25, 0.3) is 11.5 Å². The zero-order chi connectivity index (χ0) is 66.2. The second-order valence-electron chi connectivity index (χ2n) is 24.1. The van der Waals surface area contributed by atoms with E-state index in [1.165, 1.54) is 257 Å². The number of hydrogen-bond acceptors (Lipinski definition) is 11. The van der Waals surface area contributed by atoms with Crippen molar-refractivity contribution in [2.24, 2.45) is 0 Å². The number of hydrogen-bond donors (Lipinski definition) is 5. The van der Waals surface area contributed by atoms with E-state index >= 15 is 0 Å². The van der Waals surface area contributed by atoms with E-state index in [-0.39, 0.29) is 45.7 Å². The van der Waals surface area contributed by atoms with E-state index < -0.39 is 0 Å². The standard InChI is InChI=1S/2C19H29N3OS.3C10H22S.2C5H5.2Fe/c2*23-19(17-12-8-9-13-17)18-16-22(21-20-18)14-10-6-4-2-1-3-5-7-11-15-24;3*1-2-3-4-5-6-7-8-9-10-11;2*1-2-4-5-3-1;;/h2*8-9,12-13,16,23-24H,1-7,10-11,14-15H2;3*11H,2-10H2,1H3;2*1-5H;;/q;;;;;2*-1;2*+2/p-2. The summed E-state index contributed by atoms with van der Waals surface area (Å²) in [5.74, 6) is 5.12. The maximum atomic E-state index is 12.1. The number of aromatic nitrogens is 6. The van der Waals surface area contributed by atoms with Gasteiger partial charge in [0.2, 0.25) is 0 Å². The molecule has 0 saturated heterocycles. The molecule has 2 aliphatic rings. The summed E-state index contributed by atoms with van der Waals surface area (Å²) < 4.78 is 3.57. The minimum absolute atomic E-state index is 0. The zero-order valence-electron chi connectivity index (χ0n) is 58.6. The molecule has 0 spiro atoms. The van der Waals surface area contributed by atoms with Gasteiger partial charge in [0.15, 0.2) is 0 Å². The molecule has 0 unspecified atom stereocenters. The summed E-state index contributed by atoms with van der Waals surface area (Å²) in [5.41, 5.74) is 2.22. The van der Waals surface area contributed by atoms with Gasteiger partial charge in [-0.05, 0) is 84.9 Å². The van der Waals surface area contributed by atoms with Crippen molar-refractivity contribution in [3.8, 4) is 0 Å². The van der Waals surface area contributed by atoms with Gasteiger partial charge in [-0.15, -0.1) is 10.2 Å². The third kappa shape index (κ3) is 64.3. The van der Waals surface area contributed by atoms with Gasteiger partial charge in [-0.1, -0.05) is 316 Å². The fourth-order valence-electron chi connectivity index (χ4n) is 9.99. The Morgan fingerprint density at radius 3 is 0.720 bits per heavy atom. The molecule has 532 valence electrons. The monoisotopic (exact) mass is 1460 g/mol. The van der Waals surface area contributed by atoms with Crippen molar-refractivity contribution >= 4 is 74.7 Å². The van der Waals surface area contributed by atoms with E-state index in [4.69, 9.17) is 0 Å².